The molecule has 1 heterocycles. The van der Waals surface area contributed by atoms with Gasteiger partial charge in [-0.1, -0.05) is 54.6 Å². The van der Waals surface area contributed by atoms with Crippen LogP contribution < -0.4 is 9.62 Å². The van der Waals surface area contributed by atoms with Crippen molar-refractivity contribution in [3.63, 3.8) is 0 Å². The molecule has 0 fully saturated rings. The lowest BCUT2D eigenvalue weighted by molar-refractivity contribution is -0.120. The monoisotopic (exact) mass is 452 g/mol. The highest BCUT2D eigenvalue weighted by Gasteiger charge is 2.32. The third-order valence-electron chi connectivity index (χ3n) is 4.84. The first-order valence-corrected chi connectivity index (χ1v) is 11.9. The Labute approximate surface area is 184 Å². The average molecular weight is 453 g/mol. The number of hydrogen-bond donors (Lipinski definition) is 1. The first-order valence-electron chi connectivity index (χ1n) is 9.66. The number of nitrogens with zero attached hydrogens (tertiary/aromatic N) is 3. The minimum Gasteiger partial charge on any atom is -0.311 e. The summed E-state index contributed by atoms with van der Waals surface area (Å²) in [4.78, 5) is 15.1. The normalized spacial score (nSPS) is 12.5. The summed E-state index contributed by atoms with van der Waals surface area (Å²) in [5.74, 6) is -0.368. The van der Waals surface area contributed by atoms with Gasteiger partial charge < -0.3 is 4.90 Å². The van der Waals surface area contributed by atoms with Gasteiger partial charge in [-0.25, -0.2) is 8.42 Å². The van der Waals surface area contributed by atoms with E-state index in [1.807, 2.05) is 43.3 Å². The van der Waals surface area contributed by atoms with Gasteiger partial charge in [0.05, 0.1) is 11.7 Å². The fraction of sp³-hybridized carbons (Fsp3) is 0.136. The number of hydrogen-bond acceptors (Lipinski definition) is 6. The third kappa shape index (κ3) is 4.34. The molecule has 0 bridgehead atoms. The van der Waals surface area contributed by atoms with Gasteiger partial charge in [0, 0.05) is 12.2 Å². The first kappa shape index (κ1) is 21.1. The van der Waals surface area contributed by atoms with Crippen molar-refractivity contribution in [1.82, 2.24) is 13.5 Å². The van der Waals surface area contributed by atoms with Crippen molar-refractivity contribution in [2.75, 3.05) is 11.4 Å². The van der Waals surface area contributed by atoms with Gasteiger partial charge in [-0.15, -0.1) is 0 Å². The standard InChI is InChI=1S/C22H20N4O3S2/c1-2-26(17-12-7-4-8-13-17)22(27)20(16-10-5-3-6-11-16)25-31(28,29)19-15-9-14-18-21(19)24-30-23-18/h3-15,20,25H,2H2,1H3/t20-/m0/s1. The minimum atomic E-state index is -4.07. The molecule has 0 aliphatic carbocycles. The largest absolute Gasteiger partial charge is 0.311 e. The maximum Gasteiger partial charge on any atom is 0.249 e. The van der Waals surface area contributed by atoms with Crippen molar-refractivity contribution >= 4 is 44.4 Å². The summed E-state index contributed by atoms with van der Waals surface area (Å²) in [5.41, 5.74) is 2.03. The van der Waals surface area contributed by atoms with E-state index in [0.717, 1.165) is 11.7 Å². The molecule has 7 nitrogen and oxygen atoms in total. The van der Waals surface area contributed by atoms with E-state index >= 15 is 0 Å². The highest BCUT2D eigenvalue weighted by atomic mass is 32.2. The lowest BCUT2D eigenvalue weighted by Gasteiger charge is -2.27. The van der Waals surface area contributed by atoms with Gasteiger partial charge in [0.1, 0.15) is 22.0 Å². The zero-order valence-electron chi connectivity index (χ0n) is 16.7. The molecule has 0 aliphatic rings. The molecule has 0 spiro atoms. The number of amides is 1. The summed E-state index contributed by atoms with van der Waals surface area (Å²) in [6.07, 6.45) is 0. The molecule has 4 rings (SSSR count). The van der Waals surface area contributed by atoms with Crippen molar-refractivity contribution in [2.45, 2.75) is 17.9 Å². The minimum absolute atomic E-state index is 0.00441. The van der Waals surface area contributed by atoms with Crippen molar-refractivity contribution in [1.29, 1.82) is 0 Å². The number of para-hydroxylation sites is 1. The predicted molar refractivity (Wildman–Crippen MR) is 121 cm³/mol. The maximum atomic E-state index is 13.6. The second kappa shape index (κ2) is 8.93. The number of rotatable bonds is 7. The Morgan fingerprint density at radius 3 is 2.32 bits per heavy atom. The highest BCUT2D eigenvalue weighted by Crippen LogP contribution is 2.26. The molecule has 4 aromatic rings. The molecular weight excluding hydrogens is 432 g/mol. The van der Waals surface area contributed by atoms with E-state index in [9.17, 15) is 13.2 Å². The number of benzene rings is 3. The lowest BCUT2D eigenvalue weighted by Crippen LogP contribution is -2.43. The maximum absolute atomic E-state index is 13.6. The quantitative estimate of drug-likeness (QED) is 0.461. The average Bonchev–Trinajstić information content (AvgIpc) is 3.28. The molecule has 158 valence electrons. The number of carbonyl (C=O) groups excluding carboxylic acids is 1. The SMILES string of the molecule is CCN(C(=O)[C@@H](NS(=O)(=O)c1cccc2nsnc12)c1ccccc1)c1ccccc1. The van der Waals surface area contributed by atoms with E-state index in [1.165, 1.54) is 6.07 Å². The van der Waals surface area contributed by atoms with E-state index in [-0.39, 0.29) is 16.3 Å². The molecule has 1 atom stereocenters. The number of likely N-dealkylation sites (N-methyl/N-ethyl adjacent to an activating group) is 1. The molecule has 1 aromatic heterocycles. The van der Waals surface area contributed by atoms with Crippen LogP contribution in [0.2, 0.25) is 0 Å². The summed E-state index contributed by atoms with van der Waals surface area (Å²) in [7, 11) is -4.07. The van der Waals surface area contributed by atoms with Crippen LogP contribution in [0.25, 0.3) is 11.0 Å². The predicted octanol–water partition coefficient (Wildman–Crippen LogP) is 3.76. The van der Waals surface area contributed by atoms with Gasteiger partial charge in [0.15, 0.2) is 0 Å². The van der Waals surface area contributed by atoms with E-state index in [2.05, 4.69) is 13.5 Å². The summed E-state index contributed by atoms with van der Waals surface area (Å²) in [6.45, 7) is 2.24. The summed E-state index contributed by atoms with van der Waals surface area (Å²) in [6, 6.07) is 21.7. The Kier molecular flexibility index (Phi) is 6.08. The van der Waals surface area contributed by atoms with Crippen molar-refractivity contribution in [3.8, 4) is 0 Å². The van der Waals surface area contributed by atoms with Crippen LogP contribution in [0.15, 0.2) is 83.8 Å². The van der Waals surface area contributed by atoms with Crippen LogP contribution in [0, 0.1) is 0 Å². The molecule has 0 unspecified atom stereocenters. The van der Waals surface area contributed by atoms with Crippen LogP contribution >= 0.6 is 11.7 Å². The number of sulfonamides is 1. The van der Waals surface area contributed by atoms with Gasteiger partial charge >= 0.3 is 0 Å². The Balaban J connectivity index is 1.76. The second-order valence-electron chi connectivity index (χ2n) is 6.77. The second-order valence-corrected chi connectivity index (χ2v) is 8.98. The smallest absolute Gasteiger partial charge is 0.249 e. The summed E-state index contributed by atoms with van der Waals surface area (Å²) >= 11 is 0.943. The van der Waals surface area contributed by atoms with Crippen molar-refractivity contribution in [2.24, 2.45) is 0 Å². The highest BCUT2D eigenvalue weighted by molar-refractivity contribution is 7.89. The lowest BCUT2D eigenvalue weighted by atomic mass is 10.1. The summed E-state index contributed by atoms with van der Waals surface area (Å²) < 4.78 is 37.5. The number of nitrogens with one attached hydrogen (secondary N) is 1. The van der Waals surface area contributed by atoms with Crippen LogP contribution in [-0.2, 0) is 14.8 Å². The molecule has 1 N–H and O–H groups in total. The van der Waals surface area contributed by atoms with Crippen LogP contribution in [0.1, 0.15) is 18.5 Å². The first-order chi connectivity index (χ1) is 15.0. The van der Waals surface area contributed by atoms with Gasteiger partial charge in [-0.05, 0) is 36.8 Å². The van der Waals surface area contributed by atoms with Gasteiger partial charge in [0.25, 0.3) is 0 Å². The van der Waals surface area contributed by atoms with E-state index < -0.39 is 16.1 Å². The molecule has 31 heavy (non-hydrogen) atoms. The Morgan fingerprint density at radius 2 is 1.65 bits per heavy atom. The Bertz CT molecular complexity index is 1290. The number of anilines is 1. The van der Waals surface area contributed by atoms with Crippen molar-refractivity contribution in [3.05, 3.63) is 84.4 Å². The summed E-state index contributed by atoms with van der Waals surface area (Å²) in [5, 5.41) is 0. The van der Waals surface area contributed by atoms with Crippen LogP contribution in [-0.4, -0.2) is 29.6 Å². The molecule has 0 aliphatic heterocycles. The fourth-order valence-corrected chi connectivity index (χ4v) is 5.30. The van der Waals surface area contributed by atoms with Gasteiger partial charge in [0.2, 0.25) is 15.9 Å². The molecule has 0 saturated carbocycles. The number of carbonyl (C=O) groups is 1. The third-order valence-corrected chi connectivity index (χ3v) is 6.84. The van der Waals surface area contributed by atoms with Crippen LogP contribution in [0.5, 0.6) is 0 Å². The number of fused-ring (bicyclic) bond motifs is 1. The number of aromatic nitrogens is 2. The van der Waals surface area contributed by atoms with Gasteiger partial charge in [-0.2, -0.15) is 13.5 Å². The zero-order valence-corrected chi connectivity index (χ0v) is 18.3. The van der Waals surface area contributed by atoms with Crippen molar-refractivity contribution < 1.29 is 13.2 Å². The molecule has 9 heteroatoms. The molecular formula is C22H20N4O3S2. The topological polar surface area (TPSA) is 92.3 Å². The molecule has 0 radical (unpaired) electrons. The molecule has 0 saturated heterocycles. The van der Waals surface area contributed by atoms with E-state index in [1.54, 1.807) is 41.3 Å². The Hall–Kier alpha value is -3.14. The van der Waals surface area contributed by atoms with E-state index in [4.69, 9.17) is 0 Å². The van der Waals surface area contributed by atoms with Gasteiger partial charge in [-0.3, -0.25) is 4.79 Å². The molecule has 1 amide bonds. The molecule has 3 aromatic carbocycles. The van der Waals surface area contributed by atoms with E-state index in [0.29, 0.717) is 23.3 Å². The van der Waals surface area contributed by atoms with Crippen LogP contribution in [0.4, 0.5) is 5.69 Å². The Morgan fingerprint density at radius 1 is 0.968 bits per heavy atom. The van der Waals surface area contributed by atoms with Crippen LogP contribution in [0.3, 0.4) is 0 Å². The zero-order chi connectivity index (χ0) is 21.8. The fourth-order valence-electron chi connectivity index (χ4n) is 3.35.